The normalized spacial score (nSPS) is 12.1. The summed E-state index contributed by atoms with van der Waals surface area (Å²) in [6.45, 7) is 0. The van der Waals surface area contributed by atoms with Gasteiger partial charge in [-0.25, -0.2) is 9.97 Å². The first-order valence-corrected chi connectivity index (χ1v) is 23.0. The molecule has 0 saturated heterocycles. The molecule has 0 bridgehead atoms. The molecule has 8 heteroatoms. The largest absolute Gasteiger partial charge is 0.456 e. The van der Waals surface area contributed by atoms with E-state index in [9.17, 15) is 0 Å². The second-order valence-electron chi connectivity index (χ2n) is 17.6. The molecule has 322 valence electrons. The average molecular weight is 886 g/mol. The van der Waals surface area contributed by atoms with Gasteiger partial charge in [-0.15, -0.1) is 0 Å². The predicted molar refractivity (Wildman–Crippen MR) is 281 cm³/mol. The minimum Gasteiger partial charge on any atom is -0.456 e. The van der Waals surface area contributed by atoms with E-state index in [0.717, 1.165) is 115 Å². The molecule has 15 rings (SSSR count). The smallest absolute Gasteiger partial charge is 0.248 e. The summed E-state index contributed by atoms with van der Waals surface area (Å²) in [5.41, 5.74) is 8.62. The van der Waals surface area contributed by atoms with Crippen molar-refractivity contribution in [3.63, 3.8) is 0 Å². The van der Waals surface area contributed by atoms with Crippen molar-refractivity contribution in [3.05, 3.63) is 213 Å². The number of pyridine rings is 1. The number of furan rings is 3. The van der Waals surface area contributed by atoms with E-state index in [1.807, 2.05) is 54.9 Å². The van der Waals surface area contributed by atoms with Crippen molar-refractivity contribution in [3.8, 4) is 0 Å². The highest BCUT2D eigenvalue weighted by Crippen LogP contribution is 2.48. The first kappa shape index (κ1) is 37.7. The van der Waals surface area contributed by atoms with E-state index >= 15 is 0 Å². The van der Waals surface area contributed by atoms with Crippen LogP contribution in [0.1, 0.15) is 0 Å². The number of benzene rings is 10. The second kappa shape index (κ2) is 14.5. The number of hydrogen-bond donors (Lipinski definition) is 0. The monoisotopic (exact) mass is 885 g/mol. The summed E-state index contributed by atoms with van der Waals surface area (Å²) in [4.78, 5) is 20.1. The minimum absolute atomic E-state index is 0.395. The van der Waals surface area contributed by atoms with Gasteiger partial charge < -0.3 is 13.3 Å². The molecule has 0 unspecified atom stereocenters. The maximum atomic E-state index is 6.84. The third kappa shape index (κ3) is 5.72. The van der Waals surface area contributed by atoms with Gasteiger partial charge in [-0.05, 0) is 70.1 Å². The van der Waals surface area contributed by atoms with Crippen LogP contribution >= 0.6 is 0 Å². The van der Waals surface area contributed by atoms with Crippen molar-refractivity contribution in [1.29, 1.82) is 0 Å². The van der Waals surface area contributed by atoms with E-state index in [-0.39, 0.29) is 0 Å². The van der Waals surface area contributed by atoms with E-state index in [4.69, 9.17) is 28.2 Å². The van der Waals surface area contributed by atoms with Crippen molar-refractivity contribution in [1.82, 2.24) is 15.0 Å². The lowest BCUT2D eigenvalue weighted by molar-refractivity contribution is 0.652. The van der Waals surface area contributed by atoms with E-state index < -0.39 is 0 Å². The van der Waals surface area contributed by atoms with Gasteiger partial charge in [0.05, 0.1) is 34.3 Å². The van der Waals surface area contributed by atoms with Crippen molar-refractivity contribution in [2.24, 2.45) is 0 Å². The quantitative estimate of drug-likeness (QED) is 0.153. The molecule has 0 aliphatic rings. The van der Waals surface area contributed by atoms with Gasteiger partial charge in [0.15, 0.2) is 5.82 Å². The zero-order valence-corrected chi connectivity index (χ0v) is 36.7. The highest BCUT2D eigenvalue weighted by atomic mass is 16.3. The van der Waals surface area contributed by atoms with Crippen LogP contribution in [0.2, 0.25) is 0 Å². The fourth-order valence-electron chi connectivity index (χ4n) is 10.6. The molecule has 0 aliphatic heterocycles. The standard InChI is InChI=1S/C61H35N5O3/c1-5-17-42-36(13-1)29-37-14-2-6-18-43(37)59(42)65(40-25-27-48-46-21-9-11-23-51(46)67-53(48)31-40)56-33-55-50(34-62-56)58-61(69-55)64-57(35-63-58)66(41-26-28-49-47-22-10-12-24-52(47)68-54(49)32-41)60-44-19-7-3-15-38(44)30-39-16-4-8-20-45(39)60/h1-35H. The molecule has 15 aromatic rings. The number of anilines is 6. The Kier molecular flexibility index (Phi) is 7.91. The lowest BCUT2D eigenvalue weighted by Gasteiger charge is -2.27. The van der Waals surface area contributed by atoms with Crippen LogP contribution in [0.25, 0.3) is 109 Å². The lowest BCUT2D eigenvalue weighted by atomic mass is 9.99. The Morgan fingerprint density at radius 1 is 0.304 bits per heavy atom. The molecular formula is C61H35N5O3. The maximum Gasteiger partial charge on any atom is 0.248 e. The van der Waals surface area contributed by atoms with Gasteiger partial charge in [-0.2, -0.15) is 4.98 Å². The minimum atomic E-state index is 0.395. The molecular weight excluding hydrogens is 851 g/mol. The molecule has 0 fully saturated rings. The third-order valence-electron chi connectivity index (χ3n) is 13.7. The number of aromatic nitrogens is 3. The number of fused-ring (bicyclic) bond motifs is 13. The molecule has 0 N–H and O–H groups in total. The highest BCUT2D eigenvalue weighted by molar-refractivity contribution is 6.17. The summed E-state index contributed by atoms with van der Waals surface area (Å²) in [6, 6.07) is 69.6. The number of rotatable bonds is 6. The van der Waals surface area contributed by atoms with Gasteiger partial charge >= 0.3 is 0 Å². The van der Waals surface area contributed by atoms with Gasteiger partial charge in [-0.3, -0.25) is 9.80 Å². The second-order valence-corrected chi connectivity index (χ2v) is 17.6. The van der Waals surface area contributed by atoms with Crippen LogP contribution in [-0.2, 0) is 0 Å². The number of para-hydroxylation sites is 2. The van der Waals surface area contributed by atoms with Crippen molar-refractivity contribution in [2.75, 3.05) is 9.80 Å². The van der Waals surface area contributed by atoms with Gasteiger partial charge in [-0.1, -0.05) is 133 Å². The van der Waals surface area contributed by atoms with Crippen LogP contribution in [0.5, 0.6) is 0 Å². The van der Waals surface area contributed by atoms with E-state index in [1.165, 1.54) is 0 Å². The van der Waals surface area contributed by atoms with Gasteiger partial charge in [0.1, 0.15) is 39.2 Å². The average Bonchev–Trinajstić information content (AvgIpc) is 4.09. The van der Waals surface area contributed by atoms with Crippen molar-refractivity contribution >= 4 is 144 Å². The van der Waals surface area contributed by atoms with E-state index in [2.05, 4.69) is 168 Å². The zero-order valence-electron chi connectivity index (χ0n) is 36.7. The summed E-state index contributed by atoms with van der Waals surface area (Å²) in [5, 5.41) is 13.8. The lowest BCUT2D eigenvalue weighted by Crippen LogP contribution is -2.13. The number of nitrogens with zero attached hydrogens (tertiary/aromatic N) is 5. The summed E-state index contributed by atoms with van der Waals surface area (Å²) >= 11 is 0. The molecule has 0 atom stereocenters. The van der Waals surface area contributed by atoms with E-state index in [1.54, 1.807) is 0 Å². The Morgan fingerprint density at radius 2 is 0.725 bits per heavy atom. The first-order chi connectivity index (χ1) is 34.2. The Hall–Kier alpha value is -9.53. The van der Waals surface area contributed by atoms with Crippen molar-refractivity contribution < 1.29 is 13.3 Å². The first-order valence-electron chi connectivity index (χ1n) is 23.0. The summed E-state index contributed by atoms with van der Waals surface area (Å²) in [7, 11) is 0. The number of hydrogen-bond acceptors (Lipinski definition) is 8. The molecule has 10 aromatic carbocycles. The van der Waals surface area contributed by atoms with Crippen LogP contribution < -0.4 is 9.80 Å². The molecule has 69 heavy (non-hydrogen) atoms. The Bertz CT molecular complexity index is 4210. The Balaban J connectivity index is 0.949. The summed E-state index contributed by atoms with van der Waals surface area (Å²) in [5.74, 6) is 1.26. The van der Waals surface area contributed by atoms with Crippen LogP contribution in [0, 0.1) is 0 Å². The molecule has 5 heterocycles. The molecule has 0 radical (unpaired) electrons. The highest BCUT2D eigenvalue weighted by Gasteiger charge is 2.26. The van der Waals surface area contributed by atoms with Gasteiger partial charge in [0, 0.05) is 67.5 Å². The molecule has 5 aromatic heterocycles. The third-order valence-corrected chi connectivity index (χ3v) is 13.7. The Morgan fingerprint density at radius 3 is 1.23 bits per heavy atom. The zero-order chi connectivity index (χ0) is 45.2. The van der Waals surface area contributed by atoms with Gasteiger partial charge in [0.25, 0.3) is 0 Å². The molecule has 0 saturated carbocycles. The van der Waals surface area contributed by atoms with E-state index in [0.29, 0.717) is 28.4 Å². The molecule has 0 aliphatic carbocycles. The SMILES string of the molecule is c1ccc2c(N(c3ccc4c(c3)oc3ccccc34)c3cc4oc5nc(N(c6ccc7c(c6)oc6ccccc67)c6c7ccccc7cc7ccccc67)cnc5c4cn3)c3ccccc3cc2c1. The molecule has 8 nitrogen and oxygen atoms in total. The topological polar surface area (TPSA) is 84.6 Å². The predicted octanol–water partition coefficient (Wildman–Crippen LogP) is 17.1. The Labute approximate surface area is 392 Å². The van der Waals surface area contributed by atoms with Crippen LogP contribution in [0.4, 0.5) is 34.4 Å². The summed E-state index contributed by atoms with van der Waals surface area (Å²) in [6.07, 6.45) is 3.69. The maximum absolute atomic E-state index is 6.84. The fraction of sp³-hybridized carbons (Fsp3) is 0. The summed E-state index contributed by atoms with van der Waals surface area (Å²) < 4.78 is 19.8. The molecule has 0 amide bonds. The van der Waals surface area contributed by atoms with Crippen LogP contribution in [-0.4, -0.2) is 15.0 Å². The van der Waals surface area contributed by atoms with Crippen LogP contribution in [0.3, 0.4) is 0 Å². The van der Waals surface area contributed by atoms with Gasteiger partial charge in [0.2, 0.25) is 5.71 Å². The fourth-order valence-corrected chi connectivity index (χ4v) is 10.6. The van der Waals surface area contributed by atoms with Crippen molar-refractivity contribution in [2.45, 2.75) is 0 Å². The van der Waals surface area contributed by atoms with Crippen LogP contribution in [0.15, 0.2) is 226 Å². The molecule has 0 spiro atoms.